The molecule has 1 aromatic carbocycles. The van der Waals surface area contributed by atoms with Crippen molar-refractivity contribution in [3.63, 3.8) is 0 Å². The van der Waals surface area contributed by atoms with Gasteiger partial charge < -0.3 is 15.2 Å². The SMILES string of the molecule is O=C(NC[C@@H](c1ccc(F)cc1)N1CCOCC1)C(F)(F)C1(O)CCCCC1. The predicted molar refractivity (Wildman–Crippen MR) is 97.5 cm³/mol. The van der Waals surface area contributed by atoms with Crippen LogP contribution in [0.2, 0.25) is 0 Å². The van der Waals surface area contributed by atoms with Crippen LogP contribution < -0.4 is 5.32 Å². The molecule has 1 aliphatic heterocycles. The summed E-state index contributed by atoms with van der Waals surface area (Å²) < 4.78 is 48.0. The van der Waals surface area contributed by atoms with Gasteiger partial charge in [0.1, 0.15) is 11.4 Å². The predicted octanol–water partition coefficient (Wildman–Crippen LogP) is 2.65. The first-order chi connectivity index (χ1) is 13.3. The average molecular weight is 400 g/mol. The maximum atomic E-state index is 14.7. The van der Waals surface area contributed by atoms with Crippen molar-refractivity contribution in [3.05, 3.63) is 35.6 Å². The molecular weight excluding hydrogens is 373 g/mol. The largest absolute Gasteiger partial charge is 0.383 e. The van der Waals surface area contributed by atoms with Crippen LogP contribution in [0.3, 0.4) is 0 Å². The van der Waals surface area contributed by atoms with Gasteiger partial charge in [-0.1, -0.05) is 31.4 Å². The van der Waals surface area contributed by atoms with Gasteiger partial charge in [-0.05, 0) is 30.5 Å². The summed E-state index contributed by atoms with van der Waals surface area (Å²) in [5.41, 5.74) is -1.57. The Morgan fingerprint density at radius 3 is 2.39 bits per heavy atom. The van der Waals surface area contributed by atoms with Crippen molar-refractivity contribution < 1.29 is 27.8 Å². The number of hydrogen-bond donors (Lipinski definition) is 2. The lowest BCUT2D eigenvalue weighted by Crippen LogP contribution is -2.58. The molecule has 2 aliphatic rings. The number of aliphatic hydroxyl groups is 1. The number of carbonyl (C=O) groups excluding carboxylic acids is 1. The van der Waals surface area contributed by atoms with Crippen molar-refractivity contribution in [2.24, 2.45) is 0 Å². The van der Waals surface area contributed by atoms with Gasteiger partial charge in [0.25, 0.3) is 5.91 Å². The van der Waals surface area contributed by atoms with Crippen molar-refractivity contribution >= 4 is 5.91 Å². The number of amides is 1. The first-order valence-corrected chi connectivity index (χ1v) is 9.79. The van der Waals surface area contributed by atoms with Crippen LogP contribution in [0.4, 0.5) is 13.2 Å². The second-order valence-corrected chi connectivity index (χ2v) is 7.59. The third-order valence-electron chi connectivity index (χ3n) is 5.75. The minimum absolute atomic E-state index is 0.0594. The van der Waals surface area contributed by atoms with E-state index in [-0.39, 0.29) is 31.2 Å². The summed E-state index contributed by atoms with van der Waals surface area (Å²) in [6.07, 6.45) is 1.57. The molecule has 2 fully saturated rings. The van der Waals surface area contributed by atoms with Gasteiger partial charge in [-0.2, -0.15) is 8.78 Å². The topological polar surface area (TPSA) is 61.8 Å². The van der Waals surface area contributed by atoms with E-state index in [2.05, 4.69) is 5.32 Å². The van der Waals surface area contributed by atoms with Crippen LogP contribution in [-0.4, -0.2) is 60.3 Å². The summed E-state index contributed by atoms with van der Waals surface area (Å²) in [5.74, 6) is -5.71. The lowest BCUT2D eigenvalue weighted by atomic mass is 9.79. The van der Waals surface area contributed by atoms with Gasteiger partial charge in [0.05, 0.1) is 19.3 Å². The summed E-state index contributed by atoms with van der Waals surface area (Å²) in [6, 6.07) is 5.42. The number of halogens is 3. The van der Waals surface area contributed by atoms with Crippen molar-refractivity contribution in [2.75, 3.05) is 32.8 Å². The molecule has 0 radical (unpaired) electrons. The van der Waals surface area contributed by atoms with Crippen LogP contribution in [-0.2, 0) is 9.53 Å². The number of ether oxygens (including phenoxy) is 1. The Bertz CT molecular complexity index is 657. The number of benzene rings is 1. The second kappa shape index (κ2) is 8.80. The number of hydrogen-bond acceptors (Lipinski definition) is 4. The first-order valence-electron chi connectivity index (χ1n) is 9.79. The summed E-state index contributed by atoms with van der Waals surface area (Å²) in [6.45, 7) is 2.11. The summed E-state index contributed by atoms with van der Waals surface area (Å²) in [4.78, 5) is 14.3. The van der Waals surface area contributed by atoms with Crippen molar-refractivity contribution in [2.45, 2.75) is 49.7 Å². The fraction of sp³-hybridized carbons (Fsp3) is 0.650. The molecule has 156 valence electrons. The molecule has 1 heterocycles. The average Bonchev–Trinajstić information content (AvgIpc) is 2.70. The molecule has 0 bridgehead atoms. The smallest absolute Gasteiger partial charge is 0.352 e. The van der Waals surface area contributed by atoms with E-state index in [0.717, 1.165) is 12.0 Å². The van der Waals surface area contributed by atoms with Gasteiger partial charge in [0.15, 0.2) is 0 Å². The van der Waals surface area contributed by atoms with E-state index < -0.39 is 17.4 Å². The molecule has 2 N–H and O–H groups in total. The Morgan fingerprint density at radius 2 is 1.79 bits per heavy atom. The summed E-state index contributed by atoms with van der Waals surface area (Å²) in [5, 5.41) is 12.7. The van der Waals surface area contributed by atoms with Gasteiger partial charge in [0, 0.05) is 19.6 Å². The molecule has 28 heavy (non-hydrogen) atoms. The zero-order valence-corrected chi connectivity index (χ0v) is 15.8. The van der Waals surface area contributed by atoms with Crippen LogP contribution in [0.5, 0.6) is 0 Å². The minimum Gasteiger partial charge on any atom is -0.383 e. The van der Waals surface area contributed by atoms with Crippen LogP contribution in [0.1, 0.15) is 43.7 Å². The molecule has 1 saturated heterocycles. The van der Waals surface area contributed by atoms with E-state index in [1.165, 1.54) is 12.1 Å². The number of alkyl halides is 2. The van der Waals surface area contributed by atoms with Gasteiger partial charge in [-0.25, -0.2) is 4.39 Å². The maximum Gasteiger partial charge on any atom is 0.352 e. The molecule has 3 rings (SSSR count). The zero-order valence-electron chi connectivity index (χ0n) is 15.8. The summed E-state index contributed by atoms with van der Waals surface area (Å²) >= 11 is 0. The van der Waals surface area contributed by atoms with E-state index in [9.17, 15) is 23.1 Å². The third kappa shape index (κ3) is 4.50. The van der Waals surface area contributed by atoms with Gasteiger partial charge in [-0.3, -0.25) is 9.69 Å². The molecule has 1 aromatic rings. The quantitative estimate of drug-likeness (QED) is 0.771. The molecular formula is C20H27F3N2O3. The Labute approximate surface area is 162 Å². The standard InChI is InChI=1S/C20H27F3N2O3/c21-16-6-4-15(5-7-16)17(25-10-12-28-13-11-25)14-24-18(26)20(22,23)19(27)8-2-1-3-9-19/h4-7,17,27H,1-3,8-14H2,(H,24,26)/t17-/m0/s1. The molecule has 1 saturated carbocycles. The molecule has 1 amide bonds. The van der Waals surface area contributed by atoms with E-state index >= 15 is 0 Å². The molecule has 1 aliphatic carbocycles. The molecule has 0 aromatic heterocycles. The molecule has 0 spiro atoms. The Hall–Kier alpha value is -1.64. The van der Waals surface area contributed by atoms with E-state index in [1.54, 1.807) is 12.1 Å². The second-order valence-electron chi connectivity index (χ2n) is 7.59. The highest BCUT2D eigenvalue weighted by molar-refractivity contribution is 5.85. The molecule has 5 nitrogen and oxygen atoms in total. The highest BCUT2D eigenvalue weighted by atomic mass is 19.3. The fourth-order valence-corrected chi connectivity index (χ4v) is 3.99. The van der Waals surface area contributed by atoms with E-state index in [1.807, 2.05) is 4.90 Å². The third-order valence-corrected chi connectivity index (χ3v) is 5.75. The molecule has 0 unspecified atom stereocenters. The monoisotopic (exact) mass is 400 g/mol. The van der Waals surface area contributed by atoms with Crippen LogP contribution in [0.15, 0.2) is 24.3 Å². The lowest BCUT2D eigenvalue weighted by Gasteiger charge is -2.38. The minimum atomic E-state index is -3.86. The highest BCUT2D eigenvalue weighted by Crippen LogP contribution is 2.40. The van der Waals surface area contributed by atoms with Crippen molar-refractivity contribution in [1.29, 1.82) is 0 Å². The van der Waals surface area contributed by atoms with E-state index in [4.69, 9.17) is 4.74 Å². The maximum absolute atomic E-state index is 14.7. The normalized spacial score (nSPS) is 21.9. The molecule has 1 atom stereocenters. The first kappa shape index (κ1) is 21.1. The molecule has 8 heteroatoms. The number of morpholine rings is 1. The number of nitrogens with zero attached hydrogens (tertiary/aromatic N) is 1. The highest BCUT2D eigenvalue weighted by Gasteiger charge is 2.58. The van der Waals surface area contributed by atoms with Crippen molar-refractivity contribution in [1.82, 2.24) is 10.2 Å². The Kier molecular flexibility index (Phi) is 6.62. The van der Waals surface area contributed by atoms with Crippen LogP contribution >= 0.6 is 0 Å². The number of carbonyl (C=O) groups is 1. The fourth-order valence-electron chi connectivity index (χ4n) is 3.99. The summed E-state index contributed by atoms with van der Waals surface area (Å²) in [7, 11) is 0. The zero-order chi connectivity index (χ0) is 20.2. The van der Waals surface area contributed by atoms with E-state index in [0.29, 0.717) is 39.1 Å². The number of rotatable bonds is 6. The Balaban J connectivity index is 1.71. The van der Waals surface area contributed by atoms with Gasteiger partial charge in [0.2, 0.25) is 0 Å². The lowest BCUT2D eigenvalue weighted by molar-refractivity contribution is -0.201. The van der Waals surface area contributed by atoms with Crippen LogP contribution in [0, 0.1) is 5.82 Å². The Morgan fingerprint density at radius 1 is 1.18 bits per heavy atom. The number of nitrogens with one attached hydrogen (secondary N) is 1. The van der Waals surface area contributed by atoms with Gasteiger partial charge in [-0.15, -0.1) is 0 Å². The van der Waals surface area contributed by atoms with Gasteiger partial charge >= 0.3 is 5.92 Å². The van der Waals surface area contributed by atoms with Crippen LogP contribution in [0.25, 0.3) is 0 Å². The van der Waals surface area contributed by atoms with Crippen molar-refractivity contribution in [3.8, 4) is 0 Å².